The molecule has 0 saturated carbocycles. The van der Waals surface area contributed by atoms with Gasteiger partial charge in [0.1, 0.15) is 17.1 Å². The van der Waals surface area contributed by atoms with Gasteiger partial charge in [-0.1, -0.05) is 63.7 Å². The highest BCUT2D eigenvalue weighted by Gasteiger charge is 2.37. The van der Waals surface area contributed by atoms with Crippen LogP contribution in [0.3, 0.4) is 0 Å². The van der Waals surface area contributed by atoms with E-state index >= 15 is 0 Å². The van der Waals surface area contributed by atoms with Crippen LogP contribution in [0.4, 0.5) is 5.69 Å². The monoisotopic (exact) mass is 631 g/mol. The number of rotatable bonds is 9. The van der Waals surface area contributed by atoms with Crippen LogP contribution in [0, 0.1) is 6.92 Å². The molecular formula is C32H28BrN2O5S+. The number of aromatic nitrogens is 1. The van der Waals surface area contributed by atoms with E-state index in [1.54, 1.807) is 12.2 Å². The molecule has 9 heteroatoms. The number of Topliss-reactive ketones (excluding diaryl/α,β-unsaturated/α-hetero) is 1. The molecule has 1 aromatic heterocycles. The largest absolute Gasteiger partial charge is 0.506 e. The number of ketones is 1. The number of carbonyl (C=O) groups excluding carboxylic acids is 1. The van der Waals surface area contributed by atoms with E-state index in [9.17, 15) is 9.90 Å². The number of ether oxygens (including phenoxy) is 2. The minimum Gasteiger partial charge on any atom is -0.506 e. The standard InChI is InChI=1S/C32H27BrN2O5S/c1-20-7-9-25-27(15-20)40-29(35(25)19-21-5-3-2-4-6-21)17-23-31(37)24(32(23)38)18-30-34(11-13-39-14-12-36)26-10-8-22(33)16-28(26)41-30/h2-10,15-18,36H,11-14,19H2,1H3/p+1. The van der Waals surface area contributed by atoms with Gasteiger partial charge in [-0.15, -0.1) is 0 Å². The van der Waals surface area contributed by atoms with Crippen molar-refractivity contribution < 1.29 is 29.0 Å². The molecule has 0 radical (unpaired) electrons. The second kappa shape index (κ2) is 11.6. The lowest BCUT2D eigenvalue weighted by molar-refractivity contribution is -0.670. The van der Waals surface area contributed by atoms with Crippen LogP contribution in [0.25, 0.3) is 16.3 Å². The summed E-state index contributed by atoms with van der Waals surface area (Å²) in [7, 11) is 0. The molecule has 0 atom stereocenters. The number of benzene rings is 3. The molecule has 208 valence electrons. The summed E-state index contributed by atoms with van der Waals surface area (Å²) < 4.78 is 15.8. The number of halogens is 1. The molecule has 2 aliphatic rings. The first-order valence-corrected chi connectivity index (χ1v) is 14.9. The summed E-state index contributed by atoms with van der Waals surface area (Å²) in [6.07, 6.45) is 3.37. The summed E-state index contributed by atoms with van der Waals surface area (Å²) in [5.41, 5.74) is 4.55. The second-order valence-corrected chi connectivity index (χ2v) is 11.8. The van der Waals surface area contributed by atoms with Gasteiger partial charge in [0.2, 0.25) is 17.2 Å². The average Bonchev–Trinajstić information content (AvgIpc) is 3.49. The maximum absolute atomic E-state index is 13.4. The van der Waals surface area contributed by atoms with E-state index < -0.39 is 0 Å². The Morgan fingerprint density at radius 1 is 1.07 bits per heavy atom. The number of aryl methyl sites for hydroxylation is 1. The summed E-state index contributed by atoms with van der Waals surface area (Å²) in [5.74, 6) is 0.911. The SMILES string of the molecule is Cc1ccc2c(c1)O/C(=C/C1=C(O)C(=C\c3sc4cc(Br)ccc4[n+]3CCOCCO)/C1=O)N2Cc1ccccc1. The molecule has 41 heavy (non-hydrogen) atoms. The Balaban J connectivity index is 1.34. The van der Waals surface area contributed by atoms with Crippen molar-refractivity contribution in [2.24, 2.45) is 0 Å². The highest BCUT2D eigenvalue weighted by molar-refractivity contribution is 9.10. The van der Waals surface area contributed by atoms with E-state index in [-0.39, 0.29) is 35.9 Å². The number of nitrogens with zero attached hydrogens (tertiary/aromatic N) is 2. The predicted molar refractivity (Wildman–Crippen MR) is 163 cm³/mol. The van der Waals surface area contributed by atoms with E-state index in [1.807, 2.05) is 78.6 Å². The molecule has 0 amide bonds. The highest BCUT2D eigenvalue weighted by Crippen LogP contribution is 2.42. The van der Waals surface area contributed by atoms with Gasteiger partial charge in [-0.3, -0.25) is 4.79 Å². The summed E-state index contributed by atoms with van der Waals surface area (Å²) in [6.45, 7) is 3.73. The van der Waals surface area contributed by atoms with Crippen LogP contribution in [0.1, 0.15) is 16.1 Å². The molecule has 0 saturated heterocycles. The van der Waals surface area contributed by atoms with Crippen molar-refractivity contribution in [1.29, 1.82) is 0 Å². The third-order valence-electron chi connectivity index (χ3n) is 6.99. The van der Waals surface area contributed by atoms with E-state index in [4.69, 9.17) is 14.6 Å². The lowest BCUT2D eigenvalue weighted by Gasteiger charge is -2.22. The Bertz CT molecular complexity index is 1740. The smallest absolute Gasteiger partial charge is 0.263 e. The van der Waals surface area contributed by atoms with Gasteiger partial charge in [0.15, 0.2) is 12.3 Å². The number of fused-ring (bicyclic) bond motifs is 2. The van der Waals surface area contributed by atoms with Crippen molar-refractivity contribution in [3.8, 4) is 5.75 Å². The van der Waals surface area contributed by atoms with Crippen LogP contribution in [0.5, 0.6) is 5.75 Å². The Kier molecular flexibility index (Phi) is 7.77. The van der Waals surface area contributed by atoms with Crippen molar-refractivity contribution in [3.05, 3.63) is 116 Å². The summed E-state index contributed by atoms with van der Waals surface area (Å²) in [4.78, 5) is 15.4. The molecule has 2 N–H and O–H groups in total. The van der Waals surface area contributed by atoms with Crippen molar-refractivity contribution in [3.63, 3.8) is 0 Å². The Morgan fingerprint density at radius 2 is 1.90 bits per heavy atom. The minimum absolute atomic E-state index is 0.0401. The summed E-state index contributed by atoms with van der Waals surface area (Å²) in [5, 5.41) is 20.9. The molecule has 7 nitrogen and oxygen atoms in total. The van der Waals surface area contributed by atoms with Crippen molar-refractivity contribution in [2.75, 3.05) is 24.7 Å². The van der Waals surface area contributed by atoms with E-state index in [1.165, 1.54) is 11.3 Å². The molecular weight excluding hydrogens is 604 g/mol. The number of hydrogen-bond donors (Lipinski definition) is 2. The quantitative estimate of drug-likeness (QED) is 0.134. The van der Waals surface area contributed by atoms with Crippen molar-refractivity contribution in [1.82, 2.24) is 0 Å². The van der Waals surface area contributed by atoms with E-state index in [0.29, 0.717) is 25.6 Å². The molecule has 0 unspecified atom stereocenters. The van der Waals surface area contributed by atoms with Gasteiger partial charge in [0.05, 0.1) is 36.6 Å². The number of thiazole rings is 1. The highest BCUT2D eigenvalue weighted by atomic mass is 79.9. The topological polar surface area (TPSA) is 83.1 Å². The van der Waals surface area contributed by atoms with Crippen molar-refractivity contribution >= 4 is 55.0 Å². The van der Waals surface area contributed by atoms with Crippen LogP contribution in [0.2, 0.25) is 0 Å². The van der Waals surface area contributed by atoms with Gasteiger partial charge in [0, 0.05) is 22.7 Å². The fourth-order valence-corrected chi connectivity index (χ4v) is 6.63. The zero-order valence-electron chi connectivity index (χ0n) is 22.3. The minimum atomic E-state index is -0.243. The number of aliphatic hydroxyl groups excluding tert-OH is 2. The molecule has 3 aromatic carbocycles. The lowest BCUT2D eigenvalue weighted by Crippen LogP contribution is -2.38. The van der Waals surface area contributed by atoms with Crippen LogP contribution in [-0.4, -0.2) is 35.8 Å². The molecule has 2 heterocycles. The number of carbonyl (C=O) groups is 1. The van der Waals surface area contributed by atoms with Gasteiger partial charge < -0.3 is 24.6 Å². The van der Waals surface area contributed by atoms with Crippen LogP contribution in [-0.2, 0) is 22.6 Å². The lowest BCUT2D eigenvalue weighted by atomic mass is 9.87. The molecule has 0 bridgehead atoms. The van der Waals surface area contributed by atoms with Gasteiger partial charge >= 0.3 is 0 Å². The Morgan fingerprint density at radius 3 is 2.68 bits per heavy atom. The first kappa shape index (κ1) is 27.4. The van der Waals surface area contributed by atoms with Gasteiger partial charge in [-0.25, -0.2) is 0 Å². The number of hydrogen-bond acceptors (Lipinski definition) is 7. The molecule has 6 rings (SSSR count). The fourth-order valence-electron chi connectivity index (χ4n) is 4.95. The Labute approximate surface area is 250 Å². The number of anilines is 1. The number of aliphatic hydroxyl groups is 2. The van der Waals surface area contributed by atoms with Crippen LogP contribution >= 0.6 is 27.3 Å². The second-order valence-electron chi connectivity index (χ2n) is 9.82. The van der Waals surface area contributed by atoms with E-state index in [2.05, 4.69) is 20.5 Å². The zero-order chi connectivity index (χ0) is 28.5. The molecule has 4 aromatic rings. The van der Waals surface area contributed by atoms with E-state index in [0.717, 1.165) is 42.3 Å². The van der Waals surface area contributed by atoms with Gasteiger partial charge in [-0.2, -0.15) is 4.57 Å². The van der Waals surface area contributed by atoms with Gasteiger partial charge in [0.25, 0.3) is 5.01 Å². The molecule has 1 aliphatic carbocycles. The van der Waals surface area contributed by atoms with Crippen molar-refractivity contribution in [2.45, 2.75) is 20.0 Å². The maximum atomic E-state index is 13.4. The predicted octanol–water partition coefficient (Wildman–Crippen LogP) is 5.99. The molecule has 1 aliphatic heterocycles. The summed E-state index contributed by atoms with van der Waals surface area (Å²) >= 11 is 5.06. The summed E-state index contributed by atoms with van der Waals surface area (Å²) in [6, 6.07) is 22.1. The fraction of sp³-hybridized carbons (Fsp3) is 0.188. The first-order valence-electron chi connectivity index (χ1n) is 13.2. The molecule has 0 spiro atoms. The van der Waals surface area contributed by atoms with Crippen LogP contribution < -0.4 is 14.2 Å². The normalized spacial score (nSPS) is 16.6. The van der Waals surface area contributed by atoms with Gasteiger partial charge in [-0.05, 0) is 42.3 Å². The zero-order valence-corrected chi connectivity index (χ0v) is 24.7. The average molecular weight is 633 g/mol. The van der Waals surface area contributed by atoms with Crippen LogP contribution in [0.15, 0.2) is 100 Å². The first-order chi connectivity index (χ1) is 19.9. The third-order valence-corrected chi connectivity index (χ3v) is 8.58. The molecule has 0 fully saturated rings. The maximum Gasteiger partial charge on any atom is 0.263 e. The number of allylic oxidation sites excluding steroid dienone is 3. The third kappa shape index (κ3) is 5.46. The Hall–Kier alpha value is -3.76.